The fourth-order valence-electron chi connectivity index (χ4n) is 0.424. The van der Waals surface area contributed by atoms with Gasteiger partial charge in [0.25, 0.3) is 0 Å². The van der Waals surface area contributed by atoms with Crippen molar-refractivity contribution >= 4 is 6.21 Å². The number of rotatable bonds is 4. The number of hydrogen-bond donors (Lipinski definition) is 2. The third-order valence-electron chi connectivity index (χ3n) is 1.20. The molecule has 0 bridgehead atoms. The number of allylic oxidation sites excluding steroid dienone is 1. The summed E-state index contributed by atoms with van der Waals surface area (Å²) in [5, 5.41) is 0. The molecule has 1 atom stereocenters. The number of hydrogen-bond acceptors (Lipinski definition) is 4. The summed E-state index contributed by atoms with van der Waals surface area (Å²) >= 11 is 0. The molecule has 0 aliphatic heterocycles. The zero-order valence-corrected chi connectivity index (χ0v) is 6.95. The molecule has 4 heteroatoms. The van der Waals surface area contributed by atoms with Gasteiger partial charge >= 0.3 is 0 Å². The molecule has 0 saturated heterocycles. The summed E-state index contributed by atoms with van der Waals surface area (Å²) in [6.07, 6.45) is 2.95. The first kappa shape index (κ1) is 9.97. The van der Waals surface area contributed by atoms with Gasteiger partial charge in [-0.2, -0.15) is 0 Å². The first-order valence-corrected chi connectivity index (χ1v) is 3.40. The fourth-order valence-corrected chi connectivity index (χ4v) is 0.424. The molecule has 0 fully saturated rings. The van der Waals surface area contributed by atoms with Crippen molar-refractivity contribution in [2.75, 3.05) is 13.7 Å². The van der Waals surface area contributed by atoms with Gasteiger partial charge in [-0.1, -0.05) is 0 Å². The Morgan fingerprint density at radius 2 is 2.36 bits per heavy atom. The Morgan fingerprint density at radius 3 is 2.82 bits per heavy atom. The van der Waals surface area contributed by atoms with E-state index in [9.17, 15) is 0 Å². The summed E-state index contributed by atoms with van der Waals surface area (Å²) in [4.78, 5) is 3.99. The summed E-state index contributed by atoms with van der Waals surface area (Å²) in [5.74, 6) is 0. The van der Waals surface area contributed by atoms with Crippen LogP contribution in [-0.4, -0.2) is 26.0 Å². The van der Waals surface area contributed by atoms with Gasteiger partial charge in [0.2, 0.25) is 0 Å². The van der Waals surface area contributed by atoms with E-state index < -0.39 is 0 Å². The Hall–Kier alpha value is -1.03. The molecule has 4 N–H and O–H groups in total. The van der Waals surface area contributed by atoms with Crippen LogP contribution in [0.1, 0.15) is 6.92 Å². The van der Waals surface area contributed by atoms with E-state index in [0.717, 1.165) is 0 Å². The van der Waals surface area contributed by atoms with Gasteiger partial charge in [0.15, 0.2) is 0 Å². The van der Waals surface area contributed by atoms with Crippen LogP contribution in [0.2, 0.25) is 0 Å². The van der Waals surface area contributed by atoms with E-state index in [1.807, 2.05) is 6.92 Å². The van der Waals surface area contributed by atoms with Gasteiger partial charge in [-0.3, -0.25) is 4.99 Å². The molecule has 0 amide bonds. The number of methoxy groups -OCH3 is 1. The second kappa shape index (κ2) is 5.73. The average Bonchev–Trinajstić information content (AvgIpc) is 2.04. The SMILES string of the molecule is COC(C)CN=C/C(N)=C\N. The molecule has 11 heavy (non-hydrogen) atoms. The highest BCUT2D eigenvalue weighted by molar-refractivity contribution is 5.76. The van der Waals surface area contributed by atoms with Gasteiger partial charge in [0.05, 0.1) is 18.3 Å². The van der Waals surface area contributed by atoms with Crippen LogP contribution >= 0.6 is 0 Å². The predicted molar refractivity (Wildman–Crippen MR) is 46.3 cm³/mol. The summed E-state index contributed by atoms with van der Waals surface area (Å²) in [7, 11) is 1.64. The minimum Gasteiger partial charge on any atom is -0.403 e. The van der Waals surface area contributed by atoms with E-state index in [2.05, 4.69) is 4.99 Å². The van der Waals surface area contributed by atoms with Gasteiger partial charge in [0, 0.05) is 19.5 Å². The highest BCUT2D eigenvalue weighted by Crippen LogP contribution is 1.87. The van der Waals surface area contributed by atoms with Crippen molar-refractivity contribution < 1.29 is 4.74 Å². The quantitative estimate of drug-likeness (QED) is 0.557. The average molecular weight is 157 g/mol. The normalized spacial score (nSPS) is 15.6. The molecule has 4 nitrogen and oxygen atoms in total. The summed E-state index contributed by atoms with van der Waals surface area (Å²) in [6, 6.07) is 0. The van der Waals surface area contributed by atoms with Crippen LogP contribution in [0.15, 0.2) is 16.9 Å². The molecule has 64 valence electrons. The Labute approximate surface area is 66.9 Å². The molecular weight excluding hydrogens is 142 g/mol. The zero-order chi connectivity index (χ0) is 8.69. The molecule has 0 rings (SSSR count). The third-order valence-corrected chi connectivity index (χ3v) is 1.20. The molecule has 0 saturated carbocycles. The van der Waals surface area contributed by atoms with Crippen LogP contribution in [-0.2, 0) is 4.74 Å². The van der Waals surface area contributed by atoms with E-state index >= 15 is 0 Å². The van der Waals surface area contributed by atoms with Crippen LogP contribution in [0.3, 0.4) is 0 Å². The largest absolute Gasteiger partial charge is 0.403 e. The molecule has 1 unspecified atom stereocenters. The van der Waals surface area contributed by atoms with Crippen molar-refractivity contribution in [3.05, 3.63) is 11.9 Å². The number of aliphatic imine (C=N–C) groups is 1. The Bertz CT molecular complexity index is 154. The van der Waals surface area contributed by atoms with E-state index in [0.29, 0.717) is 12.2 Å². The monoisotopic (exact) mass is 157 g/mol. The van der Waals surface area contributed by atoms with Crippen molar-refractivity contribution in [1.82, 2.24) is 0 Å². The van der Waals surface area contributed by atoms with Crippen LogP contribution in [0, 0.1) is 0 Å². The zero-order valence-electron chi connectivity index (χ0n) is 6.95. The number of ether oxygens (including phenoxy) is 1. The lowest BCUT2D eigenvalue weighted by molar-refractivity contribution is 0.126. The minimum atomic E-state index is 0.122. The maximum Gasteiger partial charge on any atom is 0.0738 e. The lowest BCUT2D eigenvalue weighted by Crippen LogP contribution is -2.10. The van der Waals surface area contributed by atoms with Crippen molar-refractivity contribution in [2.45, 2.75) is 13.0 Å². The van der Waals surface area contributed by atoms with Crippen LogP contribution in [0.5, 0.6) is 0 Å². The van der Waals surface area contributed by atoms with Gasteiger partial charge in [-0.25, -0.2) is 0 Å². The van der Waals surface area contributed by atoms with E-state index in [-0.39, 0.29) is 6.10 Å². The van der Waals surface area contributed by atoms with Gasteiger partial charge in [-0.15, -0.1) is 0 Å². The lowest BCUT2D eigenvalue weighted by Gasteiger charge is -2.03. The second-order valence-electron chi connectivity index (χ2n) is 2.21. The maximum atomic E-state index is 5.35. The molecule has 0 spiro atoms. The summed E-state index contributed by atoms with van der Waals surface area (Å²) < 4.78 is 4.96. The third kappa shape index (κ3) is 5.42. The first-order chi connectivity index (χ1) is 5.20. The lowest BCUT2D eigenvalue weighted by atomic mass is 10.4. The number of nitrogens with two attached hydrogens (primary N) is 2. The Balaban J connectivity index is 3.60. The molecular formula is C7H15N3O. The highest BCUT2D eigenvalue weighted by Gasteiger charge is 1.93. The molecule has 0 aromatic carbocycles. The summed E-state index contributed by atoms with van der Waals surface area (Å²) in [6.45, 7) is 2.53. The molecule has 0 aromatic rings. The highest BCUT2D eigenvalue weighted by atomic mass is 16.5. The minimum absolute atomic E-state index is 0.122. The first-order valence-electron chi connectivity index (χ1n) is 3.40. The predicted octanol–water partition coefficient (Wildman–Crippen LogP) is -0.149. The summed E-state index contributed by atoms with van der Waals surface area (Å²) in [5.41, 5.74) is 10.9. The Kier molecular flexibility index (Phi) is 5.20. The molecule has 0 aliphatic carbocycles. The van der Waals surface area contributed by atoms with Crippen LogP contribution in [0.4, 0.5) is 0 Å². The van der Waals surface area contributed by atoms with Crippen LogP contribution < -0.4 is 11.5 Å². The van der Waals surface area contributed by atoms with E-state index in [4.69, 9.17) is 16.2 Å². The topological polar surface area (TPSA) is 73.6 Å². The van der Waals surface area contributed by atoms with E-state index in [1.165, 1.54) is 12.4 Å². The molecule has 0 radical (unpaired) electrons. The van der Waals surface area contributed by atoms with Crippen LogP contribution in [0.25, 0.3) is 0 Å². The van der Waals surface area contributed by atoms with E-state index in [1.54, 1.807) is 7.11 Å². The smallest absolute Gasteiger partial charge is 0.0738 e. The number of nitrogens with zero attached hydrogens (tertiary/aromatic N) is 1. The molecule has 0 aromatic heterocycles. The standard InChI is InChI=1S/C7H15N3O/c1-6(11-2)4-10-5-7(9)3-8/h3,5-6H,4,8-9H2,1-2H3/b7-3+,10-5?. The van der Waals surface area contributed by atoms with Gasteiger partial charge in [-0.05, 0) is 6.92 Å². The maximum absolute atomic E-state index is 5.35. The second-order valence-corrected chi connectivity index (χ2v) is 2.21. The van der Waals surface area contributed by atoms with Crippen molar-refractivity contribution in [2.24, 2.45) is 16.5 Å². The molecule has 0 aliphatic rings. The molecule has 0 heterocycles. The van der Waals surface area contributed by atoms with Crippen molar-refractivity contribution in [3.63, 3.8) is 0 Å². The Morgan fingerprint density at radius 1 is 1.73 bits per heavy atom. The van der Waals surface area contributed by atoms with Crippen molar-refractivity contribution in [1.29, 1.82) is 0 Å². The van der Waals surface area contributed by atoms with Gasteiger partial charge < -0.3 is 16.2 Å². The van der Waals surface area contributed by atoms with Crippen molar-refractivity contribution in [3.8, 4) is 0 Å². The van der Waals surface area contributed by atoms with Gasteiger partial charge in [0.1, 0.15) is 0 Å². The fraction of sp³-hybridized carbons (Fsp3) is 0.571.